The molecule has 2 rings (SSSR count). The Bertz CT molecular complexity index is 597. The highest BCUT2D eigenvalue weighted by molar-refractivity contribution is 5.90. The van der Waals surface area contributed by atoms with Crippen molar-refractivity contribution in [1.82, 2.24) is 10.2 Å². The molecule has 0 aliphatic heterocycles. The molecule has 5 nitrogen and oxygen atoms in total. The molecule has 0 saturated heterocycles. The number of carbonyl (C=O) groups is 1. The summed E-state index contributed by atoms with van der Waals surface area (Å²) in [4.78, 5) is 11.1. The van der Waals surface area contributed by atoms with E-state index >= 15 is 0 Å². The zero-order valence-electron chi connectivity index (χ0n) is 10.7. The molecule has 0 aliphatic rings. The van der Waals surface area contributed by atoms with Crippen LogP contribution in [0.5, 0.6) is 11.6 Å². The van der Waals surface area contributed by atoms with Gasteiger partial charge in [-0.15, -0.1) is 5.10 Å². The van der Waals surface area contributed by atoms with Gasteiger partial charge in [0.25, 0.3) is 5.88 Å². The van der Waals surface area contributed by atoms with E-state index in [2.05, 4.69) is 10.2 Å². The summed E-state index contributed by atoms with van der Waals surface area (Å²) in [5.74, 6) is -0.225. The van der Waals surface area contributed by atoms with Crippen LogP contribution < -0.4 is 4.74 Å². The number of ether oxygens (including phenoxy) is 1. The Balaban J connectivity index is 2.39. The minimum Gasteiger partial charge on any atom is -0.477 e. The summed E-state index contributed by atoms with van der Waals surface area (Å²) in [7, 11) is 0. The topological polar surface area (TPSA) is 72.3 Å². The standard InChI is InChI=1S/C14H14N2O3/c1-9(2)10-5-3-4-6-12(10)19-13-11(14(17)18)7-8-15-16-13/h3-9H,1-2H3,(H,17,18). The second kappa shape index (κ2) is 5.48. The van der Waals surface area contributed by atoms with E-state index < -0.39 is 5.97 Å². The number of carboxylic acid groups (broad SMARTS) is 1. The predicted octanol–water partition coefficient (Wildman–Crippen LogP) is 3.09. The van der Waals surface area contributed by atoms with Crippen LogP contribution in [0.4, 0.5) is 0 Å². The van der Waals surface area contributed by atoms with Crippen LogP contribution in [-0.4, -0.2) is 21.3 Å². The van der Waals surface area contributed by atoms with Gasteiger partial charge in [-0.2, -0.15) is 5.10 Å². The van der Waals surface area contributed by atoms with Crippen LogP contribution in [0.3, 0.4) is 0 Å². The van der Waals surface area contributed by atoms with Gasteiger partial charge in [-0.3, -0.25) is 0 Å². The first-order valence-corrected chi connectivity index (χ1v) is 5.91. The molecule has 0 bridgehead atoms. The van der Waals surface area contributed by atoms with Gasteiger partial charge in [0.05, 0.1) is 6.20 Å². The molecule has 0 aliphatic carbocycles. The fourth-order valence-electron chi connectivity index (χ4n) is 1.71. The molecule has 0 amide bonds. The summed E-state index contributed by atoms with van der Waals surface area (Å²) in [5, 5.41) is 16.5. The van der Waals surface area contributed by atoms with Gasteiger partial charge in [0.15, 0.2) is 0 Å². The molecule has 1 aromatic heterocycles. The van der Waals surface area contributed by atoms with Gasteiger partial charge in [-0.25, -0.2) is 4.79 Å². The van der Waals surface area contributed by atoms with Gasteiger partial charge < -0.3 is 9.84 Å². The Labute approximate surface area is 110 Å². The highest BCUT2D eigenvalue weighted by Crippen LogP contribution is 2.30. The van der Waals surface area contributed by atoms with Crippen LogP contribution in [0, 0.1) is 0 Å². The molecule has 0 unspecified atom stereocenters. The molecule has 1 N–H and O–H groups in total. The lowest BCUT2D eigenvalue weighted by molar-refractivity contribution is 0.0693. The van der Waals surface area contributed by atoms with E-state index in [0.29, 0.717) is 5.75 Å². The van der Waals surface area contributed by atoms with Crippen molar-refractivity contribution in [2.45, 2.75) is 19.8 Å². The average Bonchev–Trinajstić information content (AvgIpc) is 2.39. The number of carboxylic acids is 1. The fraction of sp³-hybridized carbons (Fsp3) is 0.214. The quantitative estimate of drug-likeness (QED) is 0.912. The first-order chi connectivity index (χ1) is 9.09. The van der Waals surface area contributed by atoms with Crippen molar-refractivity contribution in [3.05, 3.63) is 47.7 Å². The van der Waals surface area contributed by atoms with Crippen LogP contribution in [0.15, 0.2) is 36.5 Å². The van der Waals surface area contributed by atoms with E-state index in [1.54, 1.807) is 6.07 Å². The highest BCUT2D eigenvalue weighted by Gasteiger charge is 2.15. The molecule has 1 heterocycles. The third-order valence-corrected chi connectivity index (χ3v) is 2.66. The zero-order chi connectivity index (χ0) is 13.8. The van der Waals surface area contributed by atoms with E-state index in [-0.39, 0.29) is 17.4 Å². The van der Waals surface area contributed by atoms with E-state index in [4.69, 9.17) is 9.84 Å². The third kappa shape index (κ3) is 2.88. The minimum atomic E-state index is -1.09. The van der Waals surface area contributed by atoms with Crippen molar-refractivity contribution in [3.8, 4) is 11.6 Å². The molecule has 0 fully saturated rings. The van der Waals surface area contributed by atoms with Crippen molar-refractivity contribution in [2.75, 3.05) is 0 Å². The zero-order valence-corrected chi connectivity index (χ0v) is 10.7. The predicted molar refractivity (Wildman–Crippen MR) is 69.6 cm³/mol. The maximum atomic E-state index is 11.1. The normalized spacial score (nSPS) is 10.5. The lowest BCUT2D eigenvalue weighted by Crippen LogP contribution is -2.04. The maximum Gasteiger partial charge on any atom is 0.341 e. The van der Waals surface area contributed by atoms with Crippen LogP contribution in [0.25, 0.3) is 0 Å². The highest BCUT2D eigenvalue weighted by atomic mass is 16.5. The summed E-state index contributed by atoms with van der Waals surface area (Å²) in [6, 6.07) is 8.84. The van der Waals surface area contributed by atoms with Gasteiger partial charge >= 0.3 is 5.97 Å². The number of aromatic nitrogens is 2. The maximum absolute atomic E-state index is 11.1. The number of benzene rings is 1. The molecule has 2 aromatic rings. The van der Waals surface area contributed by atoms with Crippen molar-refractivity contribution in [2.24, 2.45) is 0 Å². The number of para-hydroxylation sites is 1. The molecule has 0 spiro atoms. The van der Waals surface area contributed by atoms with Crippen molar-refractivity contribution >= 4 is 5.97 Å². The van der Waals surface area contributed by atoms with Gasteiger partial charge in [0, 0.05) is 0 Å². The summed E-state index contributed by atoms with van der Waals surface area (Å²) in [6.45, 7) is 4.08. The van der Waals surface area contributed by atoms with Crippen LogP contribution in [0.2, 0.25) is 0 Å². The summed E-state index contributed by atoms with van der Waals surface area (Å²) in [6.07, 6.45) is 1.32. The first-order valence-electron chi connectivity index (χ1n) is 5.91. The molecule has 98 valence electrons. The molecule has 0 atom stereocenters. The van der Waals surface area contributed by atoms with Gasteiger partial charge in [-0.05, 0) is 23.6 Å². The summed E-state index contributed by atoms with van der Waals surface area (Å²) >= 11 is 0. The second-order valence-electron chi connectivity index (χ2n) is 4.35. The van der Waals surface area contributed by atoms with E-state index in [9.17, 15) is 4.79 Å². The molecular weight excluding hydrogens is 244 g/mol. The van der Waals surface area contributed by atoms with E-state index in [1.165, 1.54) is 12.3 Å². The number of rotatable bonds is 4. The molecule has 5 heteroatoms. The SMILES string of the molecule is CC(C)c1ccccc1Oc1nnccc1C(=O)O. The van der Waals surface area contributed by atoms with E-state index in [0.717, 1.165) is 5.56 Å². The smallest absolute Gasteiger partial charge is 0.341 e. The largest absolute Gasteiger partial charge is 0.477 e. The Morgan fingerprint density at radius 3 is 2.68 bits per heavy atom. The molecule has 0 radical (unpaired) electrons. The van der Waals surface area contributed by atoms with Crippen LogP contribution >= 0.6 is 0 Å². The monoisotopic (exact) mass is 258 g/mol. The molecule has 19 heavy (non-hydrogen) atoms. The average molecular weight is 258 g/mol. The Hall–Kier alpha value is -2.43. The number of hydrogen-bond acceptors (Lipinski definition) is 4. The van der Waals surface area contributed by atoms with Crippen molar-refractivity contribution in [3.63, 3.8) is 0 Å². The number of nitrogens with zero attached hydrogens (tertiary/aromatic N) is 2. The first kappa shape index (κ1) is 13.0. The fourth-order valence-corrected chi connectivity index (χ4v) is 1.71. The van der Waals surface area contributed by atoms with Crippen LogP contribution in [-0.2, 0) is 0 Å². The Morgan fingerprint density at radius 2 is 2.00 bits per heavy atom. The number of hydrogen-bond donors (Lipinski definition) is 1. The Kier molecular flexibility index (Phi) is 3.75. The summed E-state index contributed by atoms with van der Waals surface area (Å²) < 4.78 is 5.61. The lowest BCUT2D eigenvalue weighted by Gasteiger charge is -2.13. The molecular formula is C14H14N2O3. The molecule has 1 aromatic carbocycles. The number of aromatic carboxylic acids is 1. The second-order valence-corrected chi connectivity index (χ2v) is 4.35. The van der Waals surface area contributed by atoms with Gasteiger partial charge in [0.1, 0.15) is 11.3 Å². The third-order valence-electron chi connectivity index (χ3n) is 2.66. The van der Waals surface area contributed by atoms with E-state index in [1.807, 2.05) is 32.0 Å². The van der Waals surface area contributed by atoms with Crippen molar-refractivity contribution in [1.29, 1.82) is 0 Å². The Morgan fingerprint density at radius 1 is 1.26 bits per heavy atom. The van der Waals surface area contributed by atoms with Gasteiger partial charge in [-0.1, -0.05) is 32.0 Å². The van der Waals surface area contributed by atoms with Crippen molar-refractivity contribution < 1.29 is 14.6 Å². The van der Waals surface area contributed by atoms with Crippen LogP contribution in [0.1, 0.15) is 35.7 Å². The summed E-state index contributed by atoms with van der Waals surface area (Å²) in [5.41, 5.74) is 0.984. The minimum absolute atomic E-state index is 0.00287. The van der Waals surface area contributed by atoms with Gasteiger partial charge in [0.2, 0.25) is 0 Å². The lowest BCUT2D eigenvalue weighted by atomic mass is 10.0. The molecule has 0 saturated carbocycles.